The molecule has 0 aliphatic carbocycles. The largest absolute Gasteiger partial charge is 0.468 e. The minimum Gasteiger partial charge on any atom is -0.468 e. The van der Waals surface area contributed by atoms with E-state index in [0.29, 0.717) is 13.0 Å². The molecule has 1 aromatic rings. The number of hydrogen-bond acceptors (Lipinski definition) is 3. The van der Waals surface area contributed by atoms with E-state index in [1.807, 2.05) is 0 Å². The number of halogens is 3. The lowest BCUT2D eigenvalue weighted by atomic mass is 9.88. The average molecular weight is 287 g/mol. The molecule has 1 aromatic carbocycles. The molecule has 1 aliphatic rings. The quantitative estimate of drug-likeness (QED) is 0.850. The predicted octanol–water partition coefficient (Wildman–Crippen LogP) is 2.71. The number of hydrogen-bond donors (Lipinski definition) is 1. The van der Waals surface area contributed by atoms with Gasteiger partial charge in [0, 0.05) is 6.54 Å². The van der Waals surface area contributed by atoms with Gasteiger partial charge in [-0.25, -0.2) is 0 Å². The van der Waals surface area contributed by atoms with Crippen molar-refractivity contribution in [2.24, 2.45) is 0 Å². The number of piperidine rings is 1. The predicted molar refractivity (Wildman–Crippen MR) is 67.2 cm³/mol. The van der Waals surface area contributed by atoms with Crippen molar-refractivity contribution in [3.63, 3.8) is 0 Å². The number of ether oxygens (including phenoxy) is 1. The Hall–Kier alpha value is -1.56. The number of carbonyl (C=O) groups excluding carboxylic acids is 1. The summed E-state index contributed by atoms with van der Waals surface area (Å²) in [4.78, 5) is 11.4. The first-order chi connectivity index (χ1) is 9.41. The van der Waals surface area contributed by atoms with Crippen LogP contribution in [0.25, 0.3) is 0 Å². The number of nitrogens with one attached hydrogen (secondary N) is 1. The molecule has 0 saturated carbocycles. The van der Waals surface area contributed by atoms with Gasteiger partial charge in [-0.05, 0) is 36.5 Å². The van der Waals surface area contributed by atoms with Crippen molar-refractivity contribution < 1.29 is 22.7 Å². The molecule has 0 bridgehead atoms. The lowest BCUT2D eigenvalue weighted by Gasteiger charge is -2.28. The van der Waals surface area contributed by atoms with E-state index in [1.54, 1.807) is 0 Å². The van der Waals surface area contributed by atoms with Gasteiger partial charge in [0.15, 0.2) is 0 Å². The number of alkyl halides is 3. The monoisotopic (exact) mass is 287 g/mol. The molecule has 3 nitrogen and oxygen atoms in total. The van der Waals surface area contributed by atoms with E-state index in [2.05, 4.69) is 10.1 Å². The van der Waals surface area contributed by atoms with Crippen molar-refractivity contribution in [1.82, 2.24) is 5.32 Å². The van der Waals surface area contributed by atoms with Crippen LogP contribution in [0.4, 0.5) is 13.2 Å². The van der Waals surface area contributed by atoms with Crippen molar-refractivity contribution >= 4 is 5.97 Å². The van der Waals surface area contributed by atoms with Gasteiger partial charge >= 0.3 is 12.1 Å². The van der Waals surface area contributed by atoms with Crippen LogP contribution in [0, 0.1) is 0 Å². The van der Waals surface area contributed by atoms with Gasteiger partial charge in [0.1, 0.15) is 6.04 Å². The van der Waals surface area contributed by atoms with Crippen molar-refractivity contribution in [1.29, 1.82) is 0 Å². The van der Waals surface area contributed by atoms with Crippen LogP contribution in [0.5, 0.6) is 0 Å². The first kappa shape index (κ1) is 14.8. The van der Waals surface area contributed by atoms with Gasteiger partial charge < -0.3 is 10.1 Å². The summed E-state index contributed by atoms with van der Waals surface area (Å²) in [7, 11) is 1.34. The van der Waals surface area contributed by atoms with Crippen LogP contribution in [0.2, 0.25) is 0 Å². The summed E-state index contributed by atoms with van der Waals surface area (Å²) in [5, 5.41) is 3.07. The fourth-order valence-electron chi connectivity index (χ4n) is 2.43. The molecule has 1 N–H and O–H groups in total. The minimum absolute atomic E-state index is 0.123. The Labute approximate surface area is 115 Å². The molecule has 0 radical (unpaired) electrons. The molecule has 6 heteroatoms. The first-order valence-corrected chi connectivity index (χ1v) is 6.40. The van der Waals surface area contributed by atoms with Crippen LogP contribution in [0.1, 0.15) is 29.9 Å². The third kappa shape index (κ3) is 3.30. The third-order valence-corrected chi connectivity index (χ3v) is 3.61. The second-order valence-corrected chi connectivity index (χ2v) is 4.88. The molecule has 2 atom stereocenters. The number of carbonyl (C=O) groups is 1. The highest BCUT2D eigenvalue weighted by Crippen LogP contribution is 2.31. The number of methoxy groups -OCH3 is 1. The van der Waals surface area contributed by atoms with Crippen LogP contribution in [0.3, 0.4) is 0 Å². The molecule has 1 heterocycles. The second kappa shape index (κ2) is 5.83. The van der Waals surface area contributed by atoms with Crippen molar-refractivity contribution in [2.75, 3.05) is 13.7 Å². The lowest BCUT2D eigenvalue weighted by molar-refractivity contribution is -0.143. The highest BCUT2D eigenvalue weighted by Gasteiger charge is 2.31. The highest BCUT2D eigenvalue weighted by atomic mass is 19.4. The second-order valence-electron chi connectivity index (χ2n) is 4.88. The zero-order chi connectivity index (χ0) is 14.8. The maximum absolute atomic E-state index is 12.5. The SMILES string of the molecule is COC(=O)[C@H]1CC[C@H](c2ccc(C(F)(F)F)cc2)CN1. The van der Waals surface area contributed by atoms with Crippen LogP contribution in [0.15, 0.2) is 24.3 Å². The van der Waals surface area contributed by atoms with Gasteiger partial charge in [0.05, 0.1) is 12.7 Å². The summed E-state index contributed by atoms with van der Waals surface area (Å²) in [5.74, 6) is -0.172. The number of esters is 1. The zero-order valence-electron chi connectivity index (χ0n) is 11.0. The van der Waals surface area contributed by atoms with Gasteiger partial charge in [0.2, 0.25) is 0 Å². The van der Waals surface area contributed by atoms with Crippen molar-refractivity contribution in [3.05, 3.63) is 35.4 Å². The summed E-state index contributed by atoms with van der Waals surface area (Å²) in [6.45, 7) is 0.561. The van der Waals surface area contributed by atoms with Crippen molar-refractivity contribution in [3.8, 4) is 0 Å². The normalized spacial score (nSPS) is 23.4. The Morgan fingerprint density at radius 3 is 2.35 bits per heavy atom. The Kier molecular flexibility index (Phi) is 4.32. The third-order valence-electron chi connectivity index (χ3n) is 3.61. The van der Waals surface area contributed by atoms with E-state index in [0.717, 1.165) is 24.1 Å². The highest BCUT2D eigenvalue weighted by molar-refractivity contribution is 5.75. The molecule has 0 amide bonds. The topological polar surface area (TPSA) is 38.3 Å². The van der Waals surface area contributed by atoms with Gasteiger partial charge in [-0.3, -0.25) is 4.79 Å². The van der Waals surface area contributed by atoms with Crippen molar-refractivity contribution in [2.45, 2.75) is 31.0 Å². The molecule has 1 fully saturated rings. The van der Waals surface area contributed by atoms with E-state index < -0.39 is 11.7 Å². The summed E-state index contributed by atoms with van der Waals surface area (Å²) in [6, 6.07) is 4.90. The maximum atomic E-state index is 12.5. The molecular formula is C14H16F3NO2. The Morgan fingerprint density at radius 2 is 1.90 bits per heavy atom. The smallest absolute Gasteiger partial charge is 0.416 e. The van der Waals surface area contributed by atoms with Gasteiger partial charge in [-0.15, -0.1) is 0 Å². The molecule has 0 spiro atoms. The molecule has 1 aliphatic heterocycles. The van der Waals surface area contributed by atoms with E-state index in [1.165, 1.54) is 19.2 Å². The molecule has 20 heavy (non-hydrogen) atoms. The number of benzene rings is 1. The Morgan fingerprint density at radius 1 is 1.25 bits per heavy atom. The molecule has 1 saturated heterocycles. The standard InChI is InChI=1S/C14H16F3NO2/c1-20-13(19)12-7-4-10(8-18-12)9-2-5-11(6-3-9)14(15,16)17/h2-3,5-6,10,12,18H,4,7-8H2,1H3/t10-,12+/m0/s1. The average Bonchev–Trinajstić information content (AvgIpc) is 2.46. The van der Waals surface area contributed by atoms with Gasteiger partial charge in [-0.1, -0.05) is 12.1 Å². The van der Waals surface area contributed by atoms with Crippen LogP contribution in [-0.2, 0) is 15.7 Å². The molecule has 110 valence electrons. The summed E-state index contributed by atoms with van der Waals surface area (Å²) in [5.41, 5.74) is 0.214. The van der Waals surface area contributed by atoms with E-state index in [-0.39, 0.29) is 17.9 Å². The fraction of sp³-hybridized carbons (Fsp3) is 0.500. The van der Waals surface area contributed by atoms with E-state index >= 15 is 0 Å². The van der Waals surface area contributed by atoms with Crippen LogP contribution < -0.4 is 5.32 Å². The number of rotatable bonds is 2. The van der Waals surface area contributed by atoms with E-state index in [4.69, 9.17) is 0 Å². The fourth-order valence-corrected chi connectivity index (χ4v) is 2.43. The van der Waals surface area contributed by atoms with Crippen LogP contribution in [-0.4, -0.2) is 25.7 Å². The molecule has 0 aromatic heterocycles. The van der Waals surface area contributed by atoms with Crippen LogP contribution >= 0.6 is 0 Å². The van der Waals surface area contributed by atoms with Gasteiger partial charge in [0.25, 0.3) is 0 Å². The molecule has 0 unspecified atom stereocenters. The Balaban J connectivity index is 1.99. The van der Waals surface area contributed by atoms with E-state index in [9.17, 15) is 18.0 Å². The maximum Gasteiger partial charge on any atom is 0.416 e. The summed E-state index contributed by atoms with van der Waals surface area (Å²) < 4.78 is 42.1. The first-order valence-electron chi connectivity index (χ1n) is 6.40. The molecular weight excluding hydrogens is 271 g/mol. The summed E-state index contributed by atoms with van der Waals surface area (Å²) >= 11 is 0. The minimum atomic E-state index is -4.31. The van der Waals surface area contributed by atoms with Gasteiger partial charge in [-0.2, -0.15) is 13.2 Å². The molecule has 2 rings (SSSR count). The Bertz CT molecular complexity index is 462. The summed E-state index contributed by atoms with van der Waals surface area (Å²) in [6.07, 6.45) is -2.93. The lowest BCUT2D eigenvalue weighted by Crippen LogP contribution is -2.43. The zero-order valence-corrected chi connectivity index (χ0v) is 11.0.